The number of benzene rings is 1. The highest BCUT2D eigenvalue weighted by Crippen LogP contribution is 2.28. The molecule has 1 aliphatic carbocycles. The summed E-state index contributed by atoms with van der Waals surface area (Å²) >= 11 is 0. The van der Waals surface area contributed by atoms with Crippen LogP contribution >= 0.6 is 0 Å². The Hall–Kier alpha value is -1.85. The van der Waals surface area contributed by atoms with Crippen LogP contribution in [0, 0.1) is 5.92 Å². The van der Waals surface area contributed by atoms with Crippen LogP contribution in [0.3, 0.4) is 0 Å². The number of carbonyl (C=O) groups is 1. The van der Waals surface area contributed by atoms with Crippen molar-refractivity contribution in [3.8, 4) is 5.75 Å². The standard InChI is InChI=1S/C16H22F3N3O4S/c17-16(18,19)9-21-27(25,26)13-7-6-11(8-12(13)23)22-15(24)14(20)10-4-2-1-3-5-10/h6-8,10,14,21,23H,1-5,9,20H2,(H,22,24)/t14-/m0/s1. The lowest BCUT2D eigenvalue weighted by atomic mass is 9.84. The fraction of sp³-hybridized carbons (Fsp3) is 0.562. The Morgan fingerprint density at radius 1 is 1.26 bits per heavy atom. The molecule has 0 bridgehead atoms. The number of alkyl halides is 3. The third-order valence-corrected chi connectivity index (χ3v) is 5.89. The van der Waals surface area contributed by atoms with E-state index in [9.17, 15) is 31.5 Å². The van der Waals surface area contributed by atoms with Crippen LogP contribution in [0.15, 0.2) is 23.1 Å². The summed E-state index contributed by atoms with van der Waals surface area (Å²) in [6.07, 6.45) is 0.0838. The van der Waals surface area contributed by atoms with E-state index in [0.29, 0.717) is 0 Å². The number of hydrogen-bond acceptors (Lipinski definition) is 5. The lowest BCUT2D eigenvalue weighted by molar-refractivity contribution is -0.121. The molecule has 0 spiro atoms. The van der Waals surface area contributed by atoms with Crippen LogP contribution in [0.4, 0.5) is 18.9 Å². The molecule has 0 heterocycles. The quantitative estimate of drug-likeness (QED) is 0.573. The predicted molar refractivity (Wildman–Crippen MR) is 92.5 cm³/mol. The summed E-state index contributed by atoms with van der Waals surface area (Å²) in [6.45, 7) is -1.76. The van der Waals surface area contributed by atoms with Gasteiger partial charge in [0, 0.05) is 11.8 Å². The van der Waals surface area contributed by atoms with Gasteiger partial charge in [-0.15, -0.1) is 0 Å². The largest absolute Gasteiger partial charge is 0.506 e. The van der Waals surface area contributed by atoms with Crippen molar-refractivity contribution >= 4 is 21.6 Å². The Kier molecular flexibility index (Phi) is 6.71. The van der Waals surface area contributed by atoms with Gasteiger partial charge in [0.15, 0.2) is 0 Å². The molecule has 0 unspecified atom stereocenters. The van der Waals surface area contributed by atoms with Gasteiger partial charge in [-0.1, -0.05) is 19.3 Å². The highest BCUT2D eigenvalue weighted by molar-refractivity contribution is 7.89. The minimum absolute atomic E-state index is 0.0542. The number of nitrogens with two attached hydrogens (primary N) is 1. The van der Waals surface area contributed by atoms with Crippen LogP contribution in [0.5, 0.6) is 5.75 Å². The van der Waals surface area contributed by atoms with Gasteiger partial charge in [-0.3, -0.25) is 4.79 Å². The molecule has 1 amide bonds. The summed E-state index contributed by atoms with van der Waals surface area (Å²) < 4.78 is 61.7. The van der Waals surface area contributed by atoms with Crippen LogP contribution in [0.1, 0.15) is 32.1 Å². The summed E-state index contributed by atoms with van der Waals surface area (Å²) in [5.74, 6) is -1.20. The molecule has 5 N–H and O–H groups in total. The lowest BCUT2D eigenvalue weighted by Crippen LogP contribution is -2.42. The zero-order valence-corrected chi connectivity index (χ0v) is 15.2. The molecule has 1 fully saturated rings. The molecule has 1 atom stereocenters. The second-order valence-electron chi connectivity index (χ2n) is 6.54. The van der Waals surface area contributed by atoms with Crippen LogP contribution < -0.4 is 15.8 Å². The maximum Gasteiger partial charge on any atom is 0.402 e. The number of aromatic hydroxyl groups is 1. The van der Waals surface area contributed by atoms with Crippen molar-refractivity contribution in [2.75, 3.05) is 11.9 Å². The Morgan fingerprint density at radius 2 is 1.89 bits per heavy atom. The molecule has 1 saturated carbocycles. The van der Waals surface area contributed by atoms with E-state index in [1.54, 1.807) is 0 Å². The molecule has 11 heteroatoms. The predicted octanol–water partition coefficient (Wildman–Crippen LogP) is 2.08. The van der Waals surface area contributed by atoms with Crippen molar-refractivity contribution in [2.24, 2.45) is 11.7 Å². The number of hydrogen-bond donors (Lipinski definition) is 4. The van der Waals surface area contributed by atoms with Gasteiger partial charge in [-0.25, -0.2) is 13.1 Å². The van der Waals surface area contributed by atoms with E-state index < -0.39 is 45.3 Å². The van der Waals surface area contributed by atoms with Crippen molar-refractivity contribution < 1.29 is 31.5 Å². The van der Waals surface area contributed by atoms with Gasteiger partial charge in [0.2, 0.25) is 15.9 Å². The van der Waals surface area contributed by atoms with Crippen molar-refractivity contribution in [2.45, 2.75) is 49.2 Å². The molecule has 1 aliphatic rings. The maximum absolute atomic E-state index is 12.2. The van der Waals surface area contributed by atoms with Gasteiger partial charge in [-0.05, 0) is 30.9 Å². The number of rotatable bonds is 6. The first kappa shape index (κ1) is 21.5. The fourth-order valence-corrected chi connectivity index (χ4v) is 4.10. The molecule has 7 nitrogen and oxygen atoms in total. The van der Waals surface area contributed by atoms with E-state index in [2.05, 4.69) is 5.32 Å². The number of carbonyl (C=O) groups excluding carboxylic acids is 1. The number of anilines is 1. The third kappa shape index (κ3) is 6.08. The van der Waals surface area contributed by atoms with Crippen molar-refractivity contribution in [1.29, 1.82) is 0 Å². The van der Waals surface area contributed by atoms with Crippen LogP contribution in [-0.2, 0) is 14.8 Å². The molecule has 1 aromatic rings. The zero-order valence-electron chi connectivity index (χ0n) is 14.4. The van der Waals surface area contributed by atoms with Crippen molar-refractivity contribution in [3.63, 3.8) is 0 Å². The highest BCUT2D eigenvalue weighted by Gasteiger charge is 2.31. The topological polar surface area (TPSA) is 122 Å². The summed E-state index contributed by atoms with van der Waals surface area (Å²) in [4.78, 5) is 11.5. The van der Waals surface area contributed by atoms with Crippen LogP contribution in [0.25, 0.3) is 0 Å². The van der Waals surface area contributed by atoms with Gasteiger partial charge in [0.05, 0.1) is 6.04 Å². The van der Waals surface area contributed by atoms with Gasteiger partial charge in [0.25, 0.3) is 0 Å². The first-order chi connectivity index (χ1) is 12.5. The normalized spacial score (nSPS) is 17.5. The molecule has 27 heavy (non-hydrogen) atoms. The SMILES string of the molecule is N[C@H](C(=O)Nc1ccc(S(=O)(=O)NCC(F)(F)F)c(O)c1)C1CCCCC1. The molecule has 0 saturated heterocycles. The van der Waals surface area contributed by atoms with Gasteiger partial charge >= 0.3 is 6.18 Å². The number of phenols is 1. The van der Waals surface area contributed by atoms with Gasteiger partial charge in [-0.2, -0.15) is 13.2 Å². The van der Waals surface area contributed by atoms with Crippen molar-refractivity contribution in [1.82, 2.24) is 4.72 Å². The monoisotopic (exact) mass is 409 g/mol. The van der Waals surface area contributed by atoms with Crippen LogP contribution in [0.2, 0.25) is 0 Å². The maximum atomic E-state index is 12.2. The summed E-state index contributed by atoms with van der Waals surface area (Å²) in [7, 11) is -4.56. The van der Waals surface area contributed by atoms with E-state index in [1.165, 1.54) is 10.8 Å². The van der Waals surface area contributed by atoms with E-state index in [1.807, 2.05) is 0 Å². The number of nitrogens with one attached hydrogen (secondary N) is 2. The van der Waals surface area contributed by atoms with Gasteiger partial charge in [0.1, 0.15) is 17.2 Å². The lowest BCUT2D eigenvalue weighted by Gasteiger charge is -2.26. The molecule has 152 valence electrons. The van der Waals surface area contributed by atoms with E-state index in [4.69, 9.17) is 5.73 Å². The number of phenolic OH excluding ortho intramolecular Hbond substituents is 1. The highest BCUT2D eigenvalue weighted by atomic mass is 32.2. The molecule has 0 aromatic heterocycles. The first-order valence-electron chi connectivity index (χ1n) is 8.45. The second kappa shape index (κ2) is 8.44. The minimum Gasteiger partial charge on any atom is -0.506 e. The van der Waals surface area contributed by atoms with E-state index in [0.717, 1.165) is 44.2 Å². The van der Waals surface area contributed by atoms with E-state index in [-0.39, 0.29) is 11.6 Å². The Labute approximate surface area is 155 Å². The molecule has 0 aliphatic heterocycles. The van der Waals surface area contributed by atoms with Gasteiger partial charge < -0.3 is 16.2 Å². The number of sulfonamides is 1. The molecular weight excluding hydrogens is 387 g/mol. The average Bonchev–Trinajstić information content (AvgIpc) is 2.59. The second-order valence-corrected chi connectivity index (χ2v) is 8.27. The average molecular weight is 409 g/mol. The van der Waals surface area contributed by atoms with Crippen LogP contribution in [-0.4, -0.2) is 38.2 Å². The smallest absolute Gasteiger partial charge is 0.402 e. The summed E-state index contributed by atoms with van der Waals surface area (Å²) in [5, 5.41) is 12.4. The summed E-state index contributed by atoms with van der Waals surface area (Å²) in [5.41, 5.74) is 6.07. The van der Waals surface area contributed by atoms with E-state index >= 15 is 0 Å². The van der Waals surface area contributed by atoms with Crippen molar-refractivity contribution in [3.05, 3.63) is 18.2 Å². The zero-order chi connectivity index (χ0) is 20.2. The molecule has 1 aromatic carbocycles. The Morgan fingerprint density at radius 3 is 2.44 bits per heavy atom. The molecule has 0 radical (unpaired) electrons. The first-order valence-corrected chi connectivity index (χ1v) is 9.94. The Bertz CT molecular complexity index is 778. The molecular formula is C16H22F3N3O4S. The molecule has 2 rings (SSSR count). The number of halogens is 3. The fourth-order valence-electron chi connectivity index (χ4n) is 3.01. The Balaban J connectivity index is 2.06. The minimum atomic E-state index is -4.73. The number of amides is 1. The summed E-state index contributed by atoms with van der Waals surface area (Å²) in [6, 6.07) is 2.31. The third-order valence-electron chi connectivity index (χ3n) is 4.44.